The molecule has 2 rings (SSSR count). The summed E-state index contributed by atoms with van der Waals surface area (Å²) in [7, 11) is 0. The number of benzene rings is 1. The van der Waals surface area contributed by atoms with E-state index < -0.39 is 0 Å². The monoisotopic (exact) mass is 315 g/mol. The zero-order valence-corrected chi connectivity index (χ0v) is 10.6. The van der Waals surface area contributed by atoms with Crippen LogP contribution >= 0.6 is 34.8 Å². The number of aliphatic imine (C=N–C) groups is 1. The van der Waals surface area contributed by atoms with Gasteiger partial charge >= 0.3 is 0 Å². The van der Waals surface area contributed by atoms with Gasteiger partial charge in [-0.15, -0.1) is 0 Å². The molecule has 0 bridgehead atoms. The molecule has 14 heavy (non-hydrogen) atoms. The zero-order valence-electron chi connectivity index (χ0n) is 7.66. The van der Waals surface area contributed by atoms with Gasteiger partial charge in [-0.25, -0.2) is 4.99 Å². The standard InChI is InChI=1S/C11H10INS/c12-11(13-8-14)7-3-5-9-4-1-2-6-10(9)11/h1-2,4,6H,3,5,7H2/t11-/m0/s1. The number of hydrogen-bond acceptors (Lipinski definition) is 2. The summed E-state index contributed by atoms with van der Waals surface area (Å²) in [6.45, 7) is 0. The lowest BCUT2D eigenvalue weighted by Gasteiger charge is -2.29. The molecule has 0 aromatic heterocycles. The Balaban J connectivity index is 2.54. The van der Waals surface area contributed by atoms with Gasteiger partial charge in [0.1, 0.15) is 3.55 Å². The minimum atomic E-state index is -0.158. The number of halogens is 1. The maximum Gasteiger partial charge on any atom is 0.147 e. The summed E-state index contributed by atoms with van der Waals surface area (Å²) in [5.41, 5.74) is 2.71. The van der Waals surface area contributed by atoms with Gasteiger partial charge in [-0.05, 0) is 65.2 Å². The van der Waals surface area contributed by atoms with E-state index >= 15 is 0 Å². The summed E-state index contributed by atoms with van der Waals surface area (Å²) in [4.78, 5) is 4.31. The van der Waals surface area contributed by atoms with Gasteiger partial charge in [0.2, 0.25) is 0 Å². The fraction of sp³-hybridized carbons (Fsp3) is 0.364. The maximum absolute atomic E-state index is 4.71. The summed E-state index contributed by atoms with van der Waals surface area (Å²) in [5, 5.41) is 2.52. The fourth-order valence-corrected chi connectivity index (χ4v) is 3.30. The molecule has 1 aliphatic rings. The van der Waals surface area contributed by atoms with Gasteiger partial charge in [-0.3, -0.25) is 0 Å². The molecule has 0 N–H and O–H groups in total. The molecule has 1 aliphatic carbocycles. The molecular weight excluding hydrogens is 305 g/mol. The van der Waals surface area contributed by atoms with E-state index in [1.807, 2.05) is 0 Å². The molecule has 0 amide bonds. The second-order valence-corrected chi connectivity index (χ2v) is 5.44. The number of thiocarbonyl (C=S) groups is 1. The number of alkyl halides is 1. The van der Waals surface area contributed by atoms with Gasteiger partial charge in [0, 0.05) is 0 Å². The number of hydrogen-bond donors (Lipinski definition) is 0. The summed E-state index contributed by atoms with van der Waals surface area (Å²) in [6, 6.07) is 8.48. The molecule has 0 aliphatic heterocycles. The Morgan fingerprint density at radius 1 is 1.43 bits per heavy atom. The fourth-order valence-electron chi connectivity index (χ4n) is 1.95. The van der Waals surface area contributed by atoms with Crippen LogP contribution in [0.5, 0.6) is 0 Å². The van der Waals surface area contributed by atoms with Crippen molar-refractivity contribution in [1.82, 2.24) is 0 Å². The molecule has 72 valence electrons. The van der Waals surface area contributed by atoms with Gasteiger partial charge in [0.05, 0.1) is 5.16 Å². The van der Waals surface area contributed by atoms with Crippen LogP contribution < -0.4 is 0 Å². The van der Waals surface area contributed by atoms with Gasteiger partial charge < -0.3 is 0 Å². The Labute approximate surface area is 103 Å². The third-order valence-corrected chi connectivity index (χ3v) is 4.06. The van der Waals surface area contributed by atoms with Crippen LogP contribution in [0.25, 0.3) is 0 Å². The third-order valence-electron chi connectivity index (χ3n) is 2.61. The topological polar surface area (TPSA) is 12.4 Å². The predicted molar refractivity (Wildman–Crippen MR) is 70.1 cm³/mol. The molecule has 1 nitrogen and oxygen atoms in total. The van der Waals surface area contributed by atoms with Crippen molar-refractivity contribution in [2.45, 2.75) is 22.8 Å². The van der Waals surface area contributed by atoms with E-state index in [1.165, 1.54) is 17.5 Å². The highest BCUT2D eigenvalue weighted by atomic mass is 127. The lowest BCUT2D eigenvalue weighted by Crippen LogP contribution is -2.21. The van der Waals surface area contributed by atoms with Crippen LogP contribution in [0.15, 0.2) is 29.3 Å². The number of fused-ring (bicyclic) bond motifs is 1. The number of nitrogens with zero attached hydrogens (tertiary/aromatic N) is 1. The number of aryl methyl sites for hydroxylation is 1. The SMILES string of the molecule is S=C=N[C@@]1(I)CCCc2ccccc21. The normalized spacial score (nSPS) is 24.9. The van der Waals surface area contributed by atoms with E-state index in [4.69, 9.17) is 12.2 Å². The second kappa shape index (κ2) is 4.09. The Morgan fingerprint density at radius 3 is 3.00 bits per heavy atom. The zero-order chi connectivity index (χ0) is 10.0. The first-order valence-electron chi connectivity index (χ1n) is 4.62. The molecule has 0 saturated carbocycles. The van der Waals surface area contributed by atoms with E-state index in [-0.39, 0.29) is 3.55 Å². The van der Waals surface area contributed by atoms with E-state index in [1.54, 1.807) is 0 Å². The van der Waals surface area contributed by atoms with E-state index in [0.717, 1.165) is 12.8 Å². The first-order chi connectivity index (χ1) is 6.76. The summed E-state index contributed by atoms with van der Waals surface area (Å²) in [6.07, 6.45) is 3.41. The van der Waals surface area contributed by atoms with Gasteiger partial charge in [0.15, 0.2) is 0 Å². The van der Waals surface area contributed by atoms with Crippen LogP contribution in [0.1, 0.15) is 24.0 Å². The number of isothiocyanates is 1. The molecule has 1 aromatic rings. The van der Waals surface area contributed by atoms with Crippen molar-refractivity contribution < 1.29 is 0 Å². The average Bonchev–Trinajstić information content (AvgIpc) is 2.19. The Kier molecular flexibility index (Phi) is 3.00. The molecule has 0 unspecified atom stereocenters. The van der Waals surface area contributed by atoms with Gasteiger partial charge in [0.25, 0.3) is 0 Å². The molecule has 0 spiro atoms. The molecule has 0 fully saturated rings. The van der Waals surface area contributed by atoms with Gasteiger partial charge in [-0.1, -0.05) is 24.3 Å². The highest BCUT2D eigenvalue weighted by Crippen LogP contribution is 2.43. The highest BCUT2D eigenvalue weighted by Gasteiger charge is 2.32. The average molecular weight is 315 g/mol. The largest absolute Gasteiger partial charge is 0.210 e. The van der Waals surface area contributed by atoms with Crippen molar-refractivity contribution >= 4 is 40.0 Å². The van der Waals surface area contributed by atoms with E-state index in [0.29, 0.717) is 0 Å². The second-order valence-electron chi connectivity index (χ2n) is 3.47. The van der Waals surface area contributed by atoms with Crippen molar-refractivity contribution in [3.05, 3.63) is 35.4 Å². The Bertz CT molecular complexity index is 398. The van der Waals surface area contributed by atoms with E-state index in [9.17, 15) is 0 Å². The molecule has 1 aromatic carbocycles. The van der Waals surface area contributed by atoms with Crippen molar-refractivity contribution in [2.75, 3.05) is 0 Å². The van der Waals surface area contributed by atoms with Crippen LogP contribution in [0.2, 0.25) is 0 Å². The smallest absolute Gasteiger partial charge is 0.147 e. The molecule has 1 atom stereocenters. The van der Waals surface area contributed by atoms with Crippen LogP contribution in [0.3, 0.4) is 0 Å². The summed E-state index contributed by atoms with van der Waals surface area (Å²) >= 11 is 7.10. The first kappa shape index (κ1) is 10.3. The summed E-state index contributed by atoms with van der Waals surface area (Å²) in [5.74, 6) is 0. The molecule has 0 heterocycles. The molecule has 0 radical (unpaired) electrons. The van der Waals surface area contributed by atoms with Crippen molar-refractivity contribution in [2.24, 2.45) is 4.99 Å². The maximum atomic E-state index is 4.71. The number of rotatable bonds is 1. The minimum absolute atomic E-state index is 0.158. The molecule has 0 saturated heterocycles. The van der Waals surface area contributed by atoms with Crippen molar-refractivity contribution in [3.8, 4) is 0 Å². The van der Waals surface area contributed by atoms with Crippen molar-refractivity contribution in [1.29, 1.82) is 0 Å². The minimum Gasteiger partial charge on any atom is -0.210 e. The summed E-state index contributed by atoms with van der Waals surface area (Å²) < 4.78 is -0.158. The quantitative estimate of drug-likeness (QED) is 0.253. The predicted octanol–water partition coefficient (Wildman–Crippen LogP) is 3.71. The first-order valence-corrected chi connectivity index (χ1v) is 6.11. The third kappa shape index (κ3) is 1.76. The van der Waals surface area contributed by atoms with Crippen LogP contribution in [0, 0.1) is 0 Å². The Hall–Kier alpha value is -0.250. The van der Waals surface area contributed by atoms with Crippen LogP contribution in [0.4, 0.5) is 0 Å². The van der Waals surface area contributed by atoms with Crippen LogP contribution in [-0.4, -0.2) is 5.16 Å². The van der Waals surface area contributed by atoms with Crippen molar-refractivity contribution in [3.63, 3.8) is 0 Å². The van der Waals surface area contributed by atoms with Gasteiger partial charge in [-0.2, -0.15) is 0 Å². The molecular formula is C11H10INS. The molecule has 3 heteroatoms. The highest BCUT2D eigenvalue weighted by molar-refractivity contribution is 14.1. The lowest BCUT2D eigenvalue weighted by molar-refractivity contribution is 0.553. The lowest BCUT2D eigenvalue weighted by atomic mass is 9.88. The van der Waals surface area contributed by atoms with E-state index in [2.05, 4.69) is 57.0 Å². The van der Waals surface area contributed by atoms with Crippen LogP contribution in [-0.2, 0) is 9.97 Å². The Morgan fingerprint density at radius 2 is 2.21 bits per heavy atom.